The summed E-state index contributed by atoms with van der Waals surface area (Å²) in [5.41, 5.74) is 1.10. The molecular weight excluding hydrogens is 192 g/mol. The number of esters is 2. The molecule has 2 aliphatic rings. The Bertz CT molecular complexity index is 358. The molecule has 0 aromatic rings. The van der Waals surface area contributed by atoms with Gasteiger partial charge in [-0.2, -0.15) is 0 Å². The summed E-state index contributed by atoms with van der Waals surface area (Å²) in [5.74, 6) is -0.719. The number of carbonyl (C=O) groups is 2. The Morgan fingerprint density at radius 1 is 0.933 bits per heavy atom. The highest BCUT2D eigenvalue weighted by atomic mass is 16.6. The van der Waals surface area contributed by atoms with Gasteiger partial charge in [-0.05, 0) is 40.5 Å². The number of ether oxygens (including phenoxy) is 1. The minimum absolute atomic E-state index is 0.359. The standard InChI is InChI=1S/C12H16O3/c1-7-5-11(3)9(13)15-10(14)12(11,4)6-8(7)2/h5-6H2,1-4H3. The maximum Gasteiger partial charge on any atom is 0.320 e. The molecule has 0 bridgehead atoms. The number of hydrogen-bond acceptors (Lipinski definition) is 3. The summed E-state index contributed by atoms with van der Waals surface area (Å²) in [6.07, 6.45) is 1.28. The SMILES string of the molecule is CC1=C(C)CC2(C)C(=O)OC(=O)C2(C)C1. The first kappa shape index (κ1) is 10.4. The Kier molecular flexibility index (Phi) is 1.88. The Morgan fingerprint density at radius 2 is 1.27 bits per heavy atom. The van der Waals surface area contributed by atoms with Crippen LogP contribution in [0.1, 0.15) is 40.5 Å². The predicted molar refractivity (Wildman–Crippen MR) is 54.9 cm³/mol. The summed E-state index contributed by atoms with van der Waals surface area (Å²) in [6.45, 7) is 7.73. The summed E-state index contributed by atoms with van der Waals surface area (Å²) < 4.78 is 4.81. The molecule has 2 atom stereocenters. The minimum Gasteiger partial charge on any atom is -0.392 e. The molecular formula is C12H16O3. The zero-order chi connectivity index (χ0) is 11.4. The van der Waals surface area contributed by atoms with Gasteiger partial charge in [-0.3, -0.25) is 9.59 Å². The van der Waals surface area contributed by atoms with Gasteiger partial charge < -0.3 is 4.74 Å². The third kappa shape index (κ3) is 1.06. The lowest BCUT2D eigenvalue weighted by Gasteiger charge is -2.39. The second-order valence-electron chi connectivity index (χ2n) is 5.26. The molecule has 1 heterocycles. The van der Waals surface area contributed by atoms with Gasteiger partial charge >= 0.3 is 11.9 Å². The maximum atomic E-state index is 11.7. The predicted octanol–water partition coefficient (Wildman–Crippen LogP) is 2.21. The van der Waals surface area contributed by atoms with E-state index < -0.39 is 10.8 Å². The van der Waals surface area contributed by atoms with Crippen molar-refractivity contribution in [1.82, 2.24) is 0 Å². The summed E-state index contributed by atoms with van der Waals surface area (Å²) in [4.78, 5) is 23.5. The van der Waals surface area contributed by atoms with Gasteiger partial charge in [0, 0.05) is 0 Å². The van der Waals surface area contributed by atoms with Crippen LogP contribution < -0.4 is 0 Å². The maximum absolute atomic E-state index is 11.7. The fourth-order valence-electron chi connectivity index (χ4n) is 2.66. The number of hydrogen-bond donors (Lipinski definition) is 0. The van der Waals surface area contributed by atoms with E-state index in [1.807, 2.05) is 27.7 Å². The highest BCUT2D eigenvalue weighted by Crippen LogP contribution is 2.56. The lowest BCUT2D eigenvalue weighted by atomic mass is 9.58. The van der Waals surface area contributed by atoms with Crippen LogP contribution >= 0.6 is 0 Å². The summed E-state index contributed by atoms with van der Waals surface area (Å²) in [5, 5.41) is 0. The van der Waals surface area contributed by atoms with E-state index in [0.29, 0.717) is 12.8 Å². The van der Waals surface area contributed by atoms with Gasteiger partial charge in [0.15, 0.2) is 0 Å². The molecule has 3 nitrogen and oxygen atoms in total. The summed E-state index contributed by atoms with van der Waals surface area (Å²) in [7, 11) is 0. The number of fused-ring (bicyclic) bond motifs is 1. The molecule has 0 spiro atoms. The van der Waals surface area contributed by atoms with Gasteiger partial charge in [0.05, 0.1) is 10.8 Å². The van der Waals surface area contributed by atoms with Crippen LogP contribution in [0.2, 0.25) is 0 Å². The molecule has 1 aliphatic carbocycles. The zero-order valence-corrected chi connectivity index (χ0v) is 9.64. The van der Waals surface area contributed by atoms with Gasteiger partial charge in [0.1, 0.15) is 0 Å². The molecule has 0 amide bonds. The fourth-order valence-corrected chi connectivity index (χ4v) is 2.66. The average Bonchev–Trinajstić information content (AvgIpc) is 2.28. The van der Waals surface area contributed by atoms with E-state index in [0.717, 1.165) is 0 Å². The van der Waals surface area contributed by atoms with Crippen LogP contribution in [0.4, 0.5) is 0 Å². The van der Waals surface area contributed by atoms with Gasteiger partial charge in [0.2, 0.25) is 0 Å². The van der Waals surface area contributed by atoms with Crippen molar-refractivity contribution < 1.29 is 14.3 Å². The Balaban J connectivity index is 2.56. The molecule has 82 valence electrons. The monoisotopic (exact) mass is 208 g/mol. The van der Waals surface area contributed by atoms with Gasteiger partial charge in [-0.1, -0.05) is 11.1 Å². The minimum atomic E-state index is -0.659. The second kappa shape index (κ2) is 2.71. The first-order valence-electron chi connectivity index (χ1n) is 5.23. The molecule has 1 fully saturated rings. The van der Waals surface area contributed by atoms with Crippen LogP contribution in [0.5, 0.6) is 0 Å². The van der Waals surface area contributed by atoms with E-state index in [1.54, 1.807) is 0 Å². The second-order valence-corrected chi connectivity index (χ2v) is 5.26. The normalized spacial score (nSPS) is 40.5. The van der Waals surface area contributed by atoms with Crippen molar-refractivity contribution in [2.45, 2.75) is 40.5 Å². The van der Waals surface area contributed by atoms with E-state index in [-0.39, 0.29) is 11.9 Å². The van der Waals surface area contributed by atoms with Gasteiger partial charge in [-0.25, -0.2) is 0 Å². The molecule has 15 heavy (non-hydrogen) atoms. The summed E-state index contributed by atoms with van der Waals surface area (Å²) in [6, 6.07) is 0. The van der Waals surface area contributed by atoms with E-state index in [1.165, 1.54) is 11.1 Å². The molecule has 0 N–H and O–H groups in total. The molecule has 2 rings (SSSR count). The van der Waals surface area contributed by atoms with Crippen LogP contribution in [0.3, 0.4) is 0 Å². The third-order valence-corrected chi connectivity index (χ3v) is 4.27. The van der Waals surface area contributed by atoms with Gasteiger partial charge in [0.25, 0.3) is 0 Å². The third-order valence-electron chi connectivity index (χ3n) is 4.27. The van der Waals surface area contributed by atoms with Crippen molar-refractivity contribution in [2.75, 3.05) is 0 Å². The highest BCUT2D eigenvalue weighted by Gasteiger charge is 2.64. The lowest BCUT2D eigenvalue weighted by Crippen LogP contribution is -2.43. The molecule has 2 unspecified atom stereocenters. The van der Waals surface area contributed by atoms with Crippen molar-refractivity contribution in [3.63, 3.8) is 0 Å². The average molecular weight is 208 g/mol. The Labute approximate surface area is 89.5 Å². The van der Waals surface area contributed by atoms with Crippen LogP contribution in [0.25, 0.3) is 0 Å². The largest absolute Gasteiger partial charge is 0.392 e. The van der Waals surface area contributed by atoms with Crippen LogP contribution in [0, 0.1) is 10.8 Å². The van der Waals surface area contributed by atoms with Crippen LogP contribution in [-0.2, 0) is 14.3 Å². The van der Waals surface area contributed by atoms with Crippen molar-refractivity contribution >= 4 is 11.9 Å². The number of allylic oxidation sites excluding steroid dienone is 2. The number of carbonyl (C=O) groups excluding carboxylic acids is 2. The van der Waals surface area contributed by atoms with Gasteiger partial charge in [-0.15, -0.1) is 0 Å². The van der Waals surface area contributed by atoms with Crippen LogP contribution in [-0.4, -0.2) is 11.9 Å². The first-order chi connectivity index (χ1) is 6.81. The summed E-state index contributed by atoms with van der Waals surface area (Å²) >= 11 is 0. The number of rotatable bonds is 0. The van der Waals surface area contributed by atoms with Crippen LogP contribution in [0.15, 0.2) is 11.1 Å². The molecule has 0 saturated carbocycles. The Hall–Kier alpha value is -1.12. The molecule has 3 heteroatoms. The highest BCUT2D eigenvalue weighted by molar-refractivity contribution is 6.02. The van der Waals surface area contributed by atoms with E-state index in [4.69, 9.17) is 4.74 Å². The molecule has 0 aromatic heterocycles. The molecule has 0 aromatic carbocycles. The van der Waals surface area contributed by atoms with Crippen molar-refractivity contribution in [1.29, 1.82) is 0 Å². The fraction of sp³-hybridized carbons (Fsp3) is 0.667. The molecule has 1 aliphatic heterocycles. The quantitative estimate of drug-likeness (QED) is 0.348. The van der Waals surface area contributed by atoms with E-state index >= 15 is 0 Å². The number of cyclic esters (lactones) is 2. The Morgan fingerprint density at radius 3 is 1.60 bits per heavy atom. The lowest BCUT2D eigenvalue weighted by molar-refractivity contribution is -0.155. The molecule has 1 saturated heterocycles. The van der Waals surface area contributed by atoms with E-state index in [2.05, 4.69) is 0 Å². The molecule has 0 radical (unpaired) electrons. The smallest absolute Gasteiger partial charge is 0.320 e. The van der Waals surface area contributed by atoms with Crippen molar-refractivity contribution in [3.8, 4) is 0 Å². The first-order valence-corrected chi connectivity index (χ1v) is 5.23. The van der Waals surface area contributed by atoms with Crippen molar-refractivity contribution in [2.24, 2.45) is 10.8 Å². The van der Waals surface area contributed by atoms with Crippen molar-refractivity contribution in [3.05, 3.63) is 11.1 Å². The topological polar surface area (TPSA) is 43.4 Å². The zero-order valence-electron chi connectivity index (χ0n) is 9.64. The van der Waals surface area contributed by atoms with E-state index in [9.17, 15) is 9.59 Å².